The Kier molecular flexibility index (Phi) is 5.27. The summed E-state index contributed by atoms with van der Waals surface area (Å²) in [5.74, 6) is 0.886. The molecule has 2 heterocycles. The molecule has 1 aliphatic rings. The molecule has 1 aromatic heterocycles. The van der Waals surface area contributed by atoms with Crippen LogP contribution in [0, 0.1) is 6.92 Å². The molecule has 1 amide bonds. The fourth-order valence-electron chi connectivity index (χ4n) is 2.81. The van der Waals surface area contributed by atoms with Crippen LogP contribution in [0.3, 0.4) is 0 Å². The van der Waals surface area contributed by atoms with E-state index in [2.05, 4.69) is 10.3 Å². The number of aromatic nitrogens is 2. The van der Waals surface area contributed by atoms with Crippen LogP contribution < -0.4 is 10.9 Å². The third kappa shape index (κ3) is 4.12. The number of carbonyl (C=O) groups excluding carboxylic acids is 1. The van der Waals surface area contributed by atoms with Crippen LogP contribution in [0.5, 0.6) is 0 Å². The third-order valence-electron chi connectivity index (χ3n) is 4.33. The average molecular weight is 357 g/mol. The maximum atomic E-state index is 12.4. The van der Waals surface area contributed by atoms with Crippen molar-refractivity contribution in [3.8, 4) is 0 Å². The number of hydrogen-bond donors (Lipinski definition) is 1. The minimum absolute atomic E-state index is 0.0427. The first-order chi connectivity index (χ1) is 11.9. The average Bonchev–Trinajstić information content (AvgIpc) is 2.97. The Morgan fingerprint density at radius 1 is 1.36 bits per heavy atom. The second-order valence-electron chi connectivity index (χ2n) is 6.76. The van der Waals surface area contributed by atoms with E-state index in [0.717, 1.165) is 16.4 Å². The molecule has 0 saturated carbocycles. The number of hydrogen-bond acceptors (Lipinski definition) is 4. The number of benzene rings is 1. The Bertz CT molecular complexity index is 828. The van der Waals surface area contributed by atoms with Gasteiger partial charge in [0.2, 0.25) is 5.91 Å². The number of fused-ring (bicyclic) bond motifs is 1. The van der Waals surface area contributed by atoms with E-state index in [4.69, 9.17) is 0 Å². The lowest BCUT2D eigenvalue weighted by atomic mass is 10.1. The zero-order valence-electron chi connectivity index (χ0n) is 14.8. The van der Waals surface area contributed by atoms with E-state index in [1.807, 2.05) is 45.0 Å². The number of thioether (sulfide) groups is 1. The molecule has 6 heteroatoms. The molecular formula is C19H23N3O2S. The Labute approximate surface area is 151 Å². The molecule has 1 N–H and O–H groups in total. The van der Waals surface area contributed by atoms with Crippen LogP contribution in [0.25, 0.3) is 0 Å². The Morgan fingerprint density at radius 2 is 2.08 bits per heavy atom. The zero-order valence-corrected chi connectivity index (χ0v) is 15.6. The number of nitrogens with zero attached hydrogens (tertiary/aromatic N) is 2. The highest BCUT2D eigenvalue weighted by Gasteiger charge is 2.27. The van der Waals surface area contributed by atoms with Gasteiger partial charge in [0.15, 0.2) is 5.16 Å². The van der Waals surface area contributed by atoms with Gasteiger partial charge in [-0.25, -0.2) is 4.98 Å². The highest BCUT2D eigenvalue weighted by molar-refractivity contribution is 7.99. The van der Waals surface area contributed by atoms with Gasteiger partial charge < -0.3 is 5.32 Å². The van der Waals surface area contributed by atoms with Gasteiger partial charge in [0, 0.05) is 24.8 Å². The van der Waals surface area contributed by atoms with Crippen molar-refractivity contribution >= 4 is 17.7 Å². The van der Waals surface area contributed by atoms with Crippen molar-refractivity contribution in [2.45, 2.75) is 50.9 Å². The monoisotopic (exact) mass is 357 g/mol. The Balaban J connectivity index is 1.64. The van der Waals surface area contributed by atoms with Crippen LogP contribution in [-0.4, -0.2) is 21.2 Å². The van der Waals surface area contributed by atoms with Gasteiger partial charge in [-0.1, -0.05) is 55.4 Å². The molecule has 25 heavy (non-hydrogen) atoms. The van der Waals surface area contributed by atoms with Gasteiger partial charge in [-0.3, -0.25) is 14.2 Å². The molecule has 132 valence electrons. The van der Waals surface area contributed by atoms with Crippen LogP contribution in [0.1, 0.15) is 49.0 Å². The molecule has 0 fully saturated rings. The summed E-state index contributed by atoms with van der Waals surface area (Å²) in [7, 11) is 0. The number of nitrogens with one attached hydrogen (secondary N) is 1. The second-order valence-corrected chi connectivity index (χ2v) is 7.74. The number of aryl methyl sites for hydroxylation is 1. The molecule has 0 aliphatic carbocycles. The van der Waals surface area contributed by atoms with Gasteiger partial charge in [0.25, 0.3) is 5.56 Å². The van der Waals surface area contributed by atoms with Crippen molar-refractivity contribution in [1.29, 1.82) is 0 Å². The summed E-state index contributed by atoms with van der Waals surface area (Å²) < 4.78 is 1.67. The first kappa shape index (κ1) is 17.7. The molecule has 0 saturated heterocycles. The predicted octanol–water partition coefficient (Wildman–Crippen LogP) is 3.03. The van der Waals surface area contributed by atoms with Crippen molar-refractivity contribution in [2.24, 2.45) is 0 Å². The molecule has 0 radical (unpaired) electrons. The summed E-state index contributed by atoms with van der Waals surface area (Å²) in [6.07, 6.45) is 0.300. The van der Waals surface area contributed by atoms with Crippen LogP contribution >= 0.6 is 11.8 Å². The number of amides is 1. The van der Waals surface area contributed by atoms with Gasteiger partial charge in [0.1, 0.15) is 0 Å². The summed E-state index contributed by atoms with van der Waals surface area (Å²) in [4.78, 5) is 29.3. The molecule has 5 nitrogen and oxygen atoms in total. The van der Waals surface area contributed by atoms with Crippen molar-refractivity contribution in [3.63, 3.8) is 0 Å². The van der Waals surface area contributed by atoms with Gasteiger partial charge in [-0.05, 0) is 18.4 Å². The summed E-state index contributed by atoms with van der Waals surface area (Å²) in [6, 6.07) is 9.55. The van der Waals surface area contributed by atoms with Gasteiger partial charge >= 0.3 is 0 Å². The van der Waals surface area contributed by atoms with Gasteiger partial charge in [-0.15, -0.1) is 0 Å². The topological polar surface area (TPSA) is 64.0 Å². The smallest absolute Gasteiger partial charge is 0.254 e. The van der Waals surface area contributed by atoms with Crippen molar-refractivity contribution in [1.82, 2.24) is 14.9 Å². The van der Waals surface area contributed by atoms with E-state index in [1.165, 1.54) is 5.56 Å². The highest BCUT2D eigenvalue weighted by Crippen LogP contribution is 2.32. The van der Waals surface area contributed by atoms with Crippen molar-refractivity contribution in [3.05, 3.63) is 57.5 Å². The summed E-state index contributed by atoms with van der Waals surface area (Å²) in [5, 5.41) is 3.67. The third-order valence-corrected chi connectivity index (χ3v) is 5.43. The minimum atomic E-state index is -0.126. The number of rotatable bonds is 5. The Hall–Kier alpha value is -2.08. The van der Waals surface area contributed by atoms with E-state index in [1.54, 1.807) is 22.4 Å². The summed E-state index contributed by atoms with van der Waals surface area (Å²) in [6.45, 7) is 6.59. The lowest BCUT2D eigenvalue weighted by Gasteiger charge is -2.14. The molecule has 1 aromatic carbocycles. The standard InChI is InChI=1S/C19H23N3O2S/c1-12(2)16-9-18(24)22-15(11-25-19(22)21-16)8-17(23)20-10-14-6-4-13(3)5-7-14/h4-7,9,12,15H,8,10-11H2,1-3H3,(H,20,23). The molecule has 2 aromatic rings. The Morgan fingerprint density at radius 3 is 2.76 bits per heavy atom. The second kappa shape index (κ2) is 7.44. The molecular weight excluding hydrogens is 334 g/mol. The molecule has 0 spiro atoms. The fraction of sp³-hybridized carbons (Fsp3) is 0.421. The SMILES string of the molecule is Cc1ccc(CNC(=O)CC2CSc3nc(C(C)C)cc(=O)n32)cc1. The zero-order chi connectivity index (χ0) is 18.0. The maximum absolute atomic E-state index is 12.4. The van der Waals surface area contributed by atoms with Crippen molar-refractivity contribution in [2.75, 3.05) is 5.75 Å². The van der Waals surface area contributed by atoms with E-state index >= 15 is 0 Å². The van der Waals surface area contributed by atoms with Crippen molar-refractivity contribution < 1.29 is 4.79 Å². The van der Waals surface area contributed by atoms with Crippen LogP contribution in [0.15, 0.2) is 40.3 Å². The van der Waals surface area contributed by atoms with E-state index < -0.39 is 0 Å². The first-order valence-corrected chi connectivity index (χ1v) is 9.51. The highest BCUT2D eigenvalue weighted by atomic mass is 32.2. The number of carbonyl (C=O) groups is 1. The van der Waals surface area contributed by atoms with Gasteiger partial charge in [0.05, 0.1) is 11.7 Å². The largest absolute Gasteiger partial charge is 0.352 e. The minimum Gasteiger partial charge on any atom is -0.352 e. The molecule has 1 unspecified atom stereocenters. The summed E-state index contributed by atoms with van der Waals surface area (Å²) in [5.41, 5.74) is 3.02. The van der Waals surface area contributed by atoms with Crippen LogP contribution in [0.2, 0.25) is 0 Å². The molecule has 3 rings (SSSR count). The van der Waals surface area contributed by atoms with Crippen LogP contribution in [-0.2, 0) is 11.3 Å². The van der Waals surface area contributed by atoms with Gasteiger partial charge in [-0.2, -0.15) is 0 Å². The van der Waals surface area contributed by atoms with E-state index in [0.29, 0.717) is 18.7 Å². The van der Waals surface area contributed by atoms with E-state index in [9.17, 15) is 9.59 Å². The van der Waals surface area contributed by atoms with E-state index in [-0.39, 0.29) is 23.4 Å². The summed E-state index contributed by atoms with van der Waals surface area (Å²) >= 11 is 1.55. The normalized spacial score (nSPS) is 16.1. The fourth-order valence-corrected chi connectivity index (χ4v) is 3.97. The lowest BCUT2D eigenvalue weighted by Crippen LogP contribution is -2.30. The quantitative estimate of drug-likeness (QED) is 0.836. The molecule has 1 atom stereocenters. The first-order valence-electron chi connectivity index (χ1n) is 8.52. The predicted molar refractivity (Wildman–Crippen MR) is 100.0 cm³/mol. The molecule has 1 aliphatic heterocycles. The molecule has 0 bridgehead atoms. The van der Waals surface area contributed by atoms with Crippen LogP contribution in [0.4, 0.5) is 0 Å². The lowest BCUT2D eigenvalue weighted by molar-refractivity contribution is -0.121. The maximum Gasteiger partial charge on any atom is 0.254 e.